The summed E-state index contributed by atoms with van der Waals surface area (Å²) in [6.07, 6.45) is 0.663. The highest BCUT2D eigenvalue weighted by Crippen LogP contribution is 2.33. The van der Waals surface area contributed by atoms with Gasteiger partial charge in [0.15, 0.2) is 11.5 Å². The number of hydrogen-bond donors (Lipinski definition) is 0. The molecule has 2 aromatic carbocycles. The number of fused-ring (bicyclic) bond motifs is 1. The van der Waals surface area contributed by atoms with Gasteiger partial charge >= 0.3 is 0 Å². The van der Waals surface area contributed by atoms with E-state index in [0.717, 1.165) is 15.4 Å². The lowest BCUT2D eigenvalue weighted by atomic mass is 9.98. The van der Waals surface area contributed by atoms with E-state index in [4.69, 9.17) is 14.2 Å². The topological polar surface area (TPSA) is 85.4 Å². The molecule has 0 saturated carbocycles. The maximum atomic E-state index is 12.8. The fourth-order valence-electron chi connectivity index (χ4n) is 3.40. The van der Waals surface area contributed by atoms with Crippen molar-refractivity contribution in [3.05, 3.63) is 47.5 Å². The van der Waals surface area contributed by atoms with Crippen LogP contribution in [0.25, 0.3) is 0 Å². The highest BCUT2D eigenvalue weighted by Gasteiger charge is 2.28. The molecule has 0 unspecified atom stereocenters. The van der Waals surface area contributed by atoms with Crippen molar-refractivity contribution < 1.29 is 27.4 Å². The molecule has 1 heterocycles. The first-order valence-electron chi connectivity index (χ1n) is 9.42. The zero-order valence-electron chi connectivity index (χ0n) is 17.5. The van der Waals surface area contributed by atoms with E-state index in [9.17, 15) is 13.2 Å². The van der Waals surface area contributed by atoms with Crippen molar-refractivity contribution in [3.63, 3.8) is 0 Å². The molecular weight excluding hydrogens is 408 g/mol. The molecule has 0 bridgehead atoms. The third-order valence-electron chi connectivity index (χ3n) is 5.20. The Balaban J connectivity index is 1.71. The fourth-order valence-corrected chi connectivity index (χ4v) is 4.52. The van der Waals surface area contributed by atoms with Gasteiger partial charge in [-0.2, -0.15) is 4.31 Å². The highest BCUT2D eigenvalue weighted by molar-refractivity contribution is 7.89. The SMILES string of the molecule is COc1ccc(S(=O)(=O)N(C)CC(=O)N2CCc3cc(OC)c(OC)cc3C2)cc1. The molecule has 162 valence electrons. The molecule has 8 nitrogen and oxygen atoms in total. The first-order chi connectivity index (χ1) is 14.3. The van der Waals surface area contributed by atoms with E-state index >= 15 is 0 Å². The molecule has 0 fully saturated rings. The number of carbonyl (C=O) groups is 1. The van der Waals surface area contributed by atoms with Crippen LogP contribution in [-0.2, 0) is 27.8 Å². The molecule has 1 aliphatic heterocycles. The smallest absolute Gasteiger partial charge is 0.243 e. The van der Waals surface area contributed by atoms with Crippen LogP contribution >= 0.6 is 0 Å². The summed E-state index contributed by atoms with van der Waals surface area (Å²) in [7, 11) is 2.28. The summed E-state index contributed by atoms with van der Waals surface area (Å²) < 4.78 is 42.4. The predicted molar refractivity (Wildman–Crippen MR) is 111 cm³/mol. The standard InChI is InChI=1S/C21H26N2O6S/c1-22(30(25,26)18-7-5-17(27-2)6-8-18)14-21(24)23-10-9-15-11-19(28-3)20(29-4)12-16(15)13-23/h5-8,11-12H,9-10,13-14H2,1-4H3. The van der Waals surface area contributed by atoms with Crippen molar-refractivity contribution in [2.24, 2.45) is 0 Å². The molecule has 1 amide bonds. The molecule has 0 atom stereocenters. The Labute approximate surface area is 177 Å². The van der Waals surface area contributed by atoms with Gasteiger partial charge < -0.3 is 19.1 Å². The van der Waals surface area contributed by atoms with Crippen LogP contribution in [0.5, 0.6) is 17.2 Å². The summed E-state index contributed by atoms with van der Waals surface area (Å²) in [5, 5.41) is 0. The Morgan fingerprint density at radius 2 is 1.60 bits per heavy atom. The monoisotopic (exact) mass is 434 g/mol. The Kier molecular flexibility index (Phi) is 6.52. The molecule has 30 heavy (non-hydrogen) atoms. The van der Waals surface area contributed by atoms with Crippen LogP contribution < -0.4 is 14.2 Å². The number of benzene rings is 2. The van der Waals surface area contributed by atoms with Gasteiger partial charge in [-0.05, 0) is 53.9 Å². The molecule has 0 spiro atoms. The maximum Gasteiger partial charge on any atom is 0.243 e. The van der Waals surface area contributed by atoms with Gasteiger partial charge in [-0.15, -0.1) is 0 Å². The second-order valence-electron chi connectivity index (χ2n) is 6.98. The summed E-state index contributed by atoms with van der Waals surface area (Å²) in [6.45, 7) is 0.666. The van der Waals surface area contributed by atoms with Crippen molar-refractivity contribution in [1.82, 2.24) is 9.21 Å². The van der Waals surface area contributed by atoms with Crippen molar-refractivity contribution in [2.75, 3.05) is 41.5 Å². The zero-order chi connectivity index (χ0) is 21.9. The Hall–Kier alpha value is -2.78. The lowest BCUT2D eigenvalue weighted by Gasteiger charge is -2.31. The van der Waals surface area contributed by atoms with Crippen molar-refractivity contribution in [3.8, 4) is 17.2 Å². The molecule has 0 aliphatic carbocycles. The molecule has 0 saturated heterocycles. The maximum absolute atomic E-state index is 12.8. The van der Waals surface area contributed by atoms with Crippen LogP contribution in [0, 0.1) is 0 Å². The summed E-state index contributed by atoms with van der Waals surface area (Å²) in [4.78, 5) is 14.6. The highest BCUT2D eigenvalue weighted by atomic mass is 32.2. The third kappa shape index (κ3) is 4.36. The first-order valence-corrected chi connectivity index (χ1v) is 10.9. The molecule has 0 radical (unpaired) electrons. The van der Waals surface area contributed by atoms with Gasteiger partial charge in [-0.25, -0.2) is 8.42 Å². The quantitative estimate of drug-likeness (QED) is 0.662. The van der Waals surface area contributed by atoms with Gasteiger partial charge in [0.05, 0.1) is 32.8 Å². The van der Waals surface area contributed by atoms with Crippen LogP contribution in [0.15, 0.2) is 41.3 Å². The average Bonchev–Trinajstić information content (AvgIpc) is 2.77. The van der Waals surface area contributed by atoms with Gasteiger partial charge in [0, 0.05) is 20.1 Å². The molecule has 3 rings (SSSR count). The lowest BCUT2D eigenvalue weighted by molar-refractivity contribution is -0.132. The average molecular weight is 435 g/mol. The van der Waals surface area contributed by atoms with E-state index in [0.29, 0.717) is 36.8 Å². The number of likely N-dealkylation sites (N-methyl/N-ethyl adjacent to an activating group) is 1. The number of rotatable bonds is 7. The minimum atomic E-state index is -3.78. The third-order valence-corrected chi connectivity index (χ3v) is 7.01. The summed E-state index contributed by atoms with van der Waals surface area (Å²) in [5.74, 6) is 1.56. The van der Waals surface area contributed by atoms with Crippen LogP contribution in [0.1, 0.15) is 11.1 Å². The van der Waals surface area contributed by atoms with E-state index in [1.165, 1.54) is 26.3 Å². The molecule has 0 N–H and O–H groups in total. The second kappa shape index (κ2) is 8.93. The molecule has 1 aliphatic rings. The fraction of sp³-hybridized carbons (Fsp3) is 0.381. The first kappa shape index (κ1) is 21.9. The molecule has 0 aromatic heterocycles. The summed E-state index contributed by atoms with van der Waals surface area (Å²) >= 11 is 0. The van der Waals surface area contributed by atoms with E-state index < -0.39 is 10.0 Å². The van der Waals surface area contributed by atoms with Gasteiger partial charge in [0.25, 0.3) is 0 Å². The largest absolute Gasteiger partial charge is 0.497 e. The van der Waals surface area contributed by atoms with E-state index in [2.05, 4.69) is 0 Å². The predicted octanol–water partition coefficient (Wildman–Crippen LogP) is 1.92. The van der Waals surface area contributed by atoms with Crippen LogP contribution in [-0.4, -0.2) is 65.0 Å². The van der Waals surface area contributed by atoms with Gasteiger partial charge in [0.1, 0.15) is 5.75 Å². The zero-order valence-corrected chi connectivity index (χ0v) is 18.4. The van der Waals surface area contributed by atoms with Crippen LogP contribution in [0.3, 0.4) is 0 Å². The van der Waals surface area contributed by atoms with Crippen LogP contribution in [0.4, 0.5) is 0 Å². The van der Waals surface area contributed by atoms with E-state index in [-0.39, 0.29) is 17.3 Å². The number of sulfonamides is 1. The Bertz CT molecular complexity index is 1020. The molecule has 9 heteroatoms. The van der Waals surface area contributed by atoms with Gasteiger partial charge in [-0.1, -0.05) is 0 Å². The van der Waals surface area contributed by atoms with E-state index in [1.807, 2.05) is 12.1 Å². The number of nitrogens with zero attached hydrogens (tertiary/aromatic N) is 2. The number of methoxy groups -OCH3 is 3. The number of ether oxygens (including phenoxy) is 3. The summed E-state index contributed by atoms with van der Waals surface area (Å²) in [5.41, 5.74) is 2.06. The Morgan fingerprint density at radius 3 is 2.17 bits per heavy atom. The van der Waals surface area contributed by atoms with E-state index in [1.54, 1.807) is 31.3 Å². The minimum Gasteiger partial charge on any atom is -0.497 e. The van der Waals surface area contributed by atoms with Crippen LogP contribution in [0.2, 0.25) is 0 Å². The van der Waals surface area contributed by atoms with Crippen molar-refractivity contribution in [1.29, 1.82) is 0 Å². The second-order valence-corrected chi connectivity index (χ2v) is 9.02. The minimum absolute atomic E-state index is 0.111. The lowest BCUT2D eigenvalue weighted by Crippen LogP contribution is -2.43. The number of amides is 1. The number of hydrogen-bond acceptors (Lipinski definition) is 6. The summed E-state index contributed by atoms with van der Waals surface area (Å²) in [6, 6.07) is 9.87. The van der Waals surface area contributed by atoms with Gasteiger partial charge in [0.2, 0.25) is 15.9 Å². The normalized spacial score (nSPS) is 13.7. The number of carbonyl (C=O) groups excluding carboxylic acids is 1. The van der Waals surface area contributed by atoms with Gasteiger partial charge in [-0.3, -0.25) is 4.79 Å². The molecule has 2 aromatic rings. The molecular formula is C21H26N2O6S. The van der Waals surface area contributed by atoms with Crippen molar-refractivity contribution >= 4 is 15.9 Å². The Morgan fingerprint density at radius 1 is 1.00 bits per heavy atom. The van der Waals surface area contributed by atoms with Crippen molar-refractivity contribution in [2.45, 2.75) is 17.9 Å².